The van der Waals surface area contributed by atoms with Gasteiger partial charge in [-0.1, -0.05) is 32.0 Å². The Bertz CT molecular complexity index is 466. The van der Waals surface area contributed by atoms with Crippen LogP contribution in [0, 0.1) is 11.2 Å². The summed E-state index contributed by atoms with van der Waals surface area (Å²) < 4.78 is 13.2. The second-order valence-corrected chi connectivity index (χ2v) is 6.02. The van der Waals surface area contributed by atoms with E-state index >= 15 is 0 Å². The molecular formula is C14H22FN3O. The molecule has 0 unspecified atom stereocenters. The third-order valence-corrected chi connectivity index (χ3v) is 2.64. The zero-order valence-electron chi connectivity index (χ0n) is 11.9. The number of oxime groups is 1. The molecule has 0 aliphatic rings. The molecule has 5 heteroatoms. The Labute approximate surface area is 113 Å². The van der Waals surface area contributed by atoms with Gasteiger partial charge >= 0.3 is 0 Å². The van der Waals surface area contributed by atoms with E-state index in [2.05, 4.69) is 30.8 Å². The zero-order chi connectivity index (χ0) is 14.6. The number of amidine groups is 1. The van der Waals surface area contributed by atoms with Crippen LogP contribution in [0.5, 0.6) is 0 Å². The standard InChI is InChI=1S/C14H22FN3O/c1-14(2,3)9-18(4)8-10-5-6-11(15)7-12(10)13(16)17-19/h5-7,19H,8-9H2,1-4H3,(H2,16,17). The van der Waals surface area contributed by atoms with Gasteiger partial charge in [-0.3, -0.25) is 0 Å². The quantitative estimate of drug-likeness (QED) is 0.381. The minimum absolute atomic E-state index is 0.0707. The van der Waals surface area contributed by atoms with Gasteiger partial charge in [0.05, 0.1) is 0 Å². The number of nitrogens with two attached hydrogens (primary N) is 1. The Hall–Kier alpha value is -1.62. The molecule has 0 radical (unpaired) electrons. The van der Waals surface area contributed by atoms with Crippen molar-refractivity contribution in [2.24, 2.45) is 16.3 Å². The van der Waals surface area contributed by atoms with Crippen LogP contribution >= 0.6 is 0 Å². The number of halogens is 1. The van der Waals surface area contributed by atoms with Gasteiger partial charge in [0.1, 0.15) is 5.82 Å². The highest BCUT2D eigenvalue weighted by Gasteiger charge is 2.16. The van der Waals surface area contributed by atoms with E-state index < -0.39 is 5.82 Å². The summed E-state index contributed by atoms with van der Waals surface area (Å²) >= 11 is 0. The molecule has 0 fully saturated rings. The molecule has 1 aromatic carbocycles. The summed E-state index contributed by atoms with van der Waals surface area (Å²) in [4.78, 5) is 2.13. The van der Waals surface area contributed by atoms with Crippen molar-refractivity contribution in [3.8, 4) is 0 Å². The van der Waals surface area contributed by atoms with Crippen LogP contribution in [0.25, 0.3) is 0 Å². The fourth-order valence-electron chi connectivity index (χ4n) is 2.14. The smallest absolute Gasteiger partial charge is 0.170 e. The molecule has 0 aromatic heterocycles. The average Bonchev–Trinajstić information content (AvgIpc) is 2.28. The van der Waals surface area contributed by atoms with Crippen molar-refractivity contribution in [3.05, 3.63) is 35.1 Å². The SMILES string of the molecule is CN(Cc1ccc(F)cc1/C(N)=N/O)CC(C)(C)C. The second kappa shape index (κ2) is 6.02. The van der Waals surface area contributed by atoms with E-state index in [0.717, 1.165) is 12.1 Å². The lowest BCUT2D eigenvalue weighted by atomic mass is 9.96. The molecule has 0 heterocycles. The van der Waals surface area contributed by atoms with Crippen molar-refractivity contribution in [3.63, 3.8) is 0 Å². The molecule has 19 heavy (non-hydrogen) atoms. The van der Waals surface area contributed by atoms with Gasteiger partial charge in [0.15, 0.2) is 5.84 Å². The number of rotatable bonds is 4. The van der Waals surface area contributed by atoms with Gasteiger partial charge in [0.25, 0.3) is 0 Å². The molecule has 1 rings (SSSR count). The largest absolute Gasteiger partial charge is 0.409 e. The lowest BCUT2D eigenvalue weighted by Crippen LogP contribution is -2.30. The highest BCUT2D eigenvalue weighted by atomic mass is 19.1. The normalized spacial score (nSPS) is 13.1. The molecule has 0 amide bonds. The van der Waals surface area contributed by atoms with Gasteiger partial charge in [0, 0.05) is 18.7 Å². The van der Waals surface area contributed by atoms with Crippen molar-refractivity contribution >= 4 is 5.84 Å². The van der Waals surface area contributed by atoms with Crippen molar-refractivity contribution in [1.29, 1.82) is 0 Å². The summed E-state index contributed by atoms with van der Waals surface area (Å²) in [7, 11) is 1.99. The summed E-state index contributed by atoms with van der Waals surface area (Å²) in [5.74, 6) is -0.470. The van der Waals surface area contributed by atoms with Crippen LogP contribution in [0.2, 0.25) is 0 Å². The third kappa shape index (κ3) is 4.87. The predicted molar refractivity (Wildman–Crippen MR) is 74.7 cm³/mol. The minimum atomic E-state index is -0.399. The summed E-state index contributed by atoms with van der Waals surface area (Å²) in [6, 6.07) is 4.34. The average molecular weight is 267 g/mol. The van der Waals surface area contributed by atoms with Crippen LogP contribution in [-0.4, -0.2) is 29.5 Å². The van der Waals surface area contributed by atoms with Crippen molar-refractivity contribution in [1.82, 2.24) is 4.90 Å². The van der Waals surface area contributed by atoms with Crippen LogP contribution in [0.15, 0.2) is 23.4 Å². The van der Waals surface area contributed by atoms with E-state index in [1.807, 2.05) is 7.05 Å². The van der Waals surface area contributed by atoms with Gasteiger partial charge in [-0.2, -0.15) is 0 Å². The van der Waals surface area contributed by atoms with E-state index in [1.54, 1.807) is 6.07 Å². The molecule has 0 aliphatic heterocycles. The van der Waals surface area contributed by atoms with E-state index in [1.165, 1.54) is 12.1 Å². The Morgan fingerprint density at radius 2 is 2.05 bits per heavy atom. The first kappa shape index (κ1) is 15.4. The van der Waals surface area contributed by atoms with Gasteiger partial charge in [-0.25, -0.2) is 4.39 Å². The summed E-state index contributed by atoms with van der Waals surface area (Å²) in [6.07, 6.45) is 0. The lowest BCUT2D eigenvalue weighted by Gasteiger charge is -2.27. The molecule has 1 aromatic rings. The van der Waals surface area contributed by atoms with Gasteiger partial charge in [-0.15, -0.1) is 0 Å². The fraction of sp³-hybridized carbons (Fsp3) is 0.500. The van der Waals surface area contributed by atoms with Gasteiger partial charge in [0.2, 0.25) is 0 Å². The second-order valence-electron chi connectivity index (χ2n) is 6.02. The van der Waals surface area contributed by atoms with Crippen LogP contribution in [0.1, 0.15) is 31.9 Å². The fourth-order valence-corrected chi connectivity index (χ4v) is 2.14. The summed E-state index contributed by atoms with van der Waals surface area (Å²) in [5, 5.41) is 11.7. The van der Waals surface area contributed by atoms with Crippen LogP contribution in [0.4, 0.5) is 4.39 Å². The van der Waals surface area contributed by atoms with E-state index in [-0.39, 0.29) is 11.3 Å². The van der Waals surface area contributed by atoms with Crippen LogP contribution < -0.4 is 5.73 Å². The highest BCUT2D eigenvalue weighted by Crippen LogP contribution is 2.18. The molecule has 0 spiro atoms. The molecule has 3 N–H and O–H groups in total. The van der Waals surface area contributed by atoms with Gasteiger partial charge < -0.3 is 15.8 Å². The van der Waals surface area contributed by atoms with Crippen LogP contribution in [0.3, 0.4) is 0 Å². The number of nitrogens with zero attached hydrogens (tertiary/aromatic N) is 2. The monoisotopic (exact) mass is 267 g/mol. The first-order valence-corrected chi connectivity index (χ1v) is 6.18. The Balaban J connectivity index is 2.95. The molecule has 0 saturated heterocycles. The van der Waals surface area contributed by atoms with Crippen molar-refractivity contribution in [2.75, 3.05) is 13.6 Å². The predicted octanol–water partition coefficient (Wildman–Crippen LogP) is 2.40. The number of hydrogen-bond acceptors (Lipinski definition) is 3. The van der Waals surface area contributed by atoms with Crippen LogP contribution in [-0.2, 0) is 6.54 Å². The summed E-state index contributed by atoms with van der Waals surface area (Å²) in [5.41, 5.74) is 7.02. The first-order valence-electron chi connectivity index (χ1n) is 6.18. The lowest BCUT2D eigenvalue weighted by molar-refractivity contribution is 0.220. The number of hydrogen-bond donors (Lipinski definition) is 2. The van der Waals surface area contributed by atoms with E-state index in [9.17, 15) is 4.39 Å². The summed E-state index contributed by atoms with van der Waals surface area (Å²) in [6.45, 7) is 7.96. The molecule has 106 valence electrons. The van der Waals surface area contributed by atoms with Gasteiger partial charge in [-0.05, 0) is 30.2 Å². The minimum Gasteiger partial charge on any atom is -0.409 e. The Morgan fingerprint density at radius 3 is 2.58 bits per heavy atom. The molecule has 0 saturated carbocycles. The molecule has 4 nitrogen and oxygen atoms in total. The van der Waals surface area contributed by atoms with E-state index in [0.29, 0.717) is 12.1 Å². The highest BCUT2D eigenvalue weighted by molar-refractivity contribution is 5.98. The first-order chi connectivity index (χ1) is 8.73. The maximum absolute atomic E-state index is 13.2. The molecular weight excluding hydrogens is 245 g/mol. The molecule has 0 aliphatic carbocycles. The molecule has 0 atom stereocenters. The molecule has 0 bridgehead atoms. The maximum Gasteiger partial charge on any atom is 0.170 e. The zero-order valence-corrected chi connectivity index (χ0v) is 11.9. The van der Waals surface area contributed by atoms with Crippen molar-refractivity contribution in [2.45, 2.75) is 27.3 Å². The Morgan fingerprint density at radius 1 is 1.42 bits per heavy atom. The third-order valence-electron chi connectivity index (χ3n) is 2.64. The van der Waals surface area contributed by atoms with E-state index in [4.69, 9.17) is 10.9 Å². The Kier molecular flexibility index (Phi) is 4.89. The topological polar surface area (TPSA) is 61.8 Å². The van der Waals surface area contributed by atoms with Crippen molar-refractivity contribution < 1.29 is 9.60 Å². The number of benzene rings is 1. The maximum atomic E-state index is 13.2.